The van der Waals surface area contributed by atoms with E-state index in [9.17, 15) is 19.6 Å². The molecule has 0 fully saturated rings. The van der Waals surface area contributed by atoms with Gasteiger partial charge in [0.15, 0.2) is 0 Å². The van der Waals surface area contributed by atoms with Gasteiger partial charge in [0.05, 0.1) is 31.1 Å². The molecule has 0 saturated heterocycles. The highest BCUT2D eigenvalue weighted by atomic mass is 16.5. The van der Waals surface area contributed by atoms with Crippen molar-refractivity contribution in [3.05, 3.63) is 95.8 Å². The van der Waals surface area contributed by atoms with Crippen molar-refractivity contribution in [3.63, 3.8) is 0 Å². The van der Waals surface area contributed by atoms with E-state index in [1.807, 2.05) is 30.3 Å². The van der Waals surface area contributed by atoms with Crippen molar-refractivity contribution in [2.45, 2.75) is 24.8 Å². The first-order valence-electron chi connectivity index (χ1n) is 10.5. The monoisotopic (exact) mass is 447 g/mol. The molecule has 1 heterocycles. The van der Waals surface area contributed by atoms with Crippen LogP contribution in [0.25, 0.3) is 0 Å². The minimum atomic E-state index is -1.74. The molecule has 1 unspecified atom stereocenters. The first-order valence-corrected chi connectivity index (χ1v) is 10.5. The summed E-state index contributed by atoms with van der Waals surface area (Å²) in [5.74, 6) is -1.14. The second kappa shape index (κ2) is 11.8. The molecule has 0 bridgehead atoms. The molecule has 2 aromatic carbocycles. The number of nitrogens with one attached hydrogen (secondary N) is 2. The Bertz CT molecular complexity index is 1050. The van der Waals surface area contributed by atoms with E-state index in [-0.39, 0.29) is 18.7 Å². The number of pyridine rings is 1. The number of hydrogen-bond acceptors (Lipinski definition) is 6. The third-order valence-electron chi connectivity index (χ3n) is 5.12. The Labute approximate surface area is 192 Å². The molecule has 3 rings (SSSR count). The Morgan fingerprint density at radius 1 is 1.03 bits per heavy atom. The van der Waals surface area contributed by atoms with E-state index in [4.69, 9.17) is 4.74 Å². The van der Waals surface area contributed by atoms with Crippen LogP contribution in [0, 0.1) is 0 Å². The van der Waals surface area contributed by atoms with Crippen LogP contribution in [0.3, 0.4) is 0 Å². The van der Waals surface area contributed by atoms with Gasteiger partial charge >= 0.3 is 7.12 Å². The molecule has 2 amide bonds. The smallest absolute Gasteiger partial charge is 0.475 e. The van der Waals surface area contributed by atoms with Crippen molar-refractivity contribution >= 4 is 18.9 Å². The van der Waals surface area contributed by atoms with Gasteiger partial charge in [-0.3, -0.25) is 14.6 Å². The van der Waals surface area contributed by atoms with Gasteiger partial charge in [0.2, 0.25) is 5.91 Å². The largest absolute Gasteiger partial charge is 0.497 e. The maximum absolute atomic E-state index is 12.9. The number of nitrogens with zero attached hydrogens (tertiary/aromatic N) is 1. The Morgan fingerprint density at radius 3 is 2.48 bits per heavy atom. The fourth-order valence-electron chi connectivity index (χ4n) is 3.40. The number of amides is 2. The summed E-state index contributed by atoms with van der Waals surface area (Å²) in [6.07, 6.45) is 3.14. The van der Waals surface area contributed by atoms with Gasteiger partial charge in [-0.05, 0) is 41.8 Å². The number of aromatic nitrogens is 1. The third kappa shape index (κ3) is 7.16. The minimum absolute atomic E-state index is 0.114. The molecular formula is C24H26BN3O5. The maximum Gasteiger partial charge on any atom is 0.475 e. The number of carbonyl (C=O) groups excluding carboxylic acids is 2. The molecule has 170 valence electrons. The average molecular weight is 447 g/mol. The summed E-state index contributed by atoms with van der Waals surface area (Å²) in [4.78, 5) is 29.6. The van der Waals surface area contributed by atoms with Gasteiger partial charge in [0, 0.05) is 12.4 Å². The van der Waals surface area contributed by atoms with Crippen LogP contribution < -0.4 is 15.4 Å². The lowest BCUT2D eigenvalue weighted by Crippen LogP contribution is -2.48. The van der Waals surface area contributed by atoms with E-state index < -0.39 is 25.0 Å². The standard InChI is InChI=1S/C24H26BN3O5/c1-33-20-11-5-9-18(14-20)21(27-24(30)19-10-6-12-26-16-19)15-23(29)28-22(25(31)32)13-17-7-3-2-4-8-17/h2-12,14,16,21-22,31-32H,13,15H2,1H3,(H,27,30)(H,28,29)/t21?,22-/m0/s1. The lowest BCUT2D eigenvalue weighted by molar-refractivity contribution is -0.122. The molecule has 0 aliphatic carbocycles. The van der Waals surface area contributed by atoms with E-state index in [0.29, 0.717) is 16.9 Å². The summed E-state index contributed by atoms with van der Waals surface area (Å²) in [6, 6.07) is 18.9. The molecule has 1 aromatic heterocycles. The lowest BCUT2D eigenvalue weighted by atomic mass is 9.76. The molecule has 8 nitrogen and oxygen atoms in total. The lowest BCUT2D eigenvalue weighted by Gasteiger charge is -2.22. The van der Waals surface area contributed by atoms with Gasteiger partial charge in [-0.15, -0.1) is 0 Å². The molecule has 0 aliphatic heterocycles. The van der Waals surface area contributed by atoms with E-state index >= 15 is 0 Å². The normalized spacial score (nSPS) is 12.3. The molecule has 0 radical (unpaired) electrons. The van der Waals surface area contributed by atoms with Gasteiger partial charge in [-0.2, -0.15) is 0 Å². The summed E-state index contributed by atoms with van der Waals surface area (Å²) in [5, 5.41) is 25.1. The molecular weight excluding hydrogens is 421 g/mol. The Balaban J connectivity index is 1.76. The fourth-order valence-corrected chi connectivity index (χ4v) is 3.40. The molecule has 9 heteroatoms. The van der Waals surface area contributed by atoms with Crippen molar-refractivity contribution in [1.29, 1.82) is 0 Å². The van der Waals surface area contributed by atoms with Crippen LogP contribution in [0.2, 0.25) is 0 Å². The zero-order chi connectivity index (χ0) is 23.6. The SMILES string of the molecule is COc1cccc(C(CC(=O)N[C@@H](Cc2ccccc2)B(O)O)NC(=O)c2cccnc2)c1. The van der Waals surface area contributed by atoms with E-state index in [0.717, 1.165) is 5.56 Å². The van der Waals surface area contributed by atoms with Crippen molar-refractivity contribution in [3.8, 4) is 5.75 Å². The zero-order valence-corrected chi connectivity index (χ0v) is 18.2. The Hall–Kier alpha value is -3.69. The Morgan fingerprint density at radius 2 is 1.82 bits per heavy atom. The molecule has 2 atom stereocenters. The second-order valence-electron chi connectivity index (χ2n) is 7.53. The quantitative estimate of drug-likeness (QED) is 0.351. The molecule has 33 heavy (non-hydrogen) atoms. The van der Waals surface area contributed by atoms with Gasteiger partial charge < -0.3 is 25.4 Å². The van der Waals surface area contributed by atoms with E-state index in [1.165, 1.54) is 13.3 Å². The summed E-state index contributed by atoms with van der Waals surface area (Å²) >= 11 is 0. The first kappa shape index (κ1) is 24.0. The number of ether oxygens (including phenoxy) is 1. The number of benzene rings is 2. The minimum Gasteiger partial charge on any atom is -0.497 e. The Kier molecular flexibility index (Phi) is 8.57. The summed E-state index contributed by atoms with van der Waals surface area (Å²) in [7, 11) is -0.208. The van der Waals surface area contributed by atoms with Crippen LogP contribution in [-0.4, -0.2) is 47.0 Å². The number of carbonyl (C=O) groups is 2. The molecule has 0 saturated carbocycles. The van der Waals surface area contributed by atoms with Crippen LogP contribution in [0.5, 0.6) is 5.75 Å². The van der Waals surface area contributed by atoms with E-state index in [1.54, 1.807) is 42.6 Å². The first-order chi connectivity index (χ1) is 16.0. The highest BCUT2D eigenvalue weighted by Gasteiger charge is 2.27. The second-order valence-corrected chi connectivity index (χ2v) is 7.53. The average Bonchev–Trinajstić information content (AvgIpc) is 2.84. The van der Waals surface area contributed by atoms with Gasteiger partial charge in [0.1, 0.15) is 5.75 Å². The maximum atomic E-state index is 12.9. The van der Waals surface area contributed by atoms with Crippen LogP contribution in [-0.2, 0) is 11.2 Å². The highest BCUT2D eigenvalue weighted by molar-refractivity contribution is 6.43. The number of methoxy groups -OCH3 is 1. The molecule has 0 aliphatic rings. The van der Waals surface area contributed by atoms with Gasteiger partial charge in [-0.1, -0.05) is 42.5 Å². The van der Waals surface area contributed by atoms with Crippen molar-refractivity contribution in [2.75, 3.05) is 7.11 Å². The summed E-state index contributed by atoms with van der Waals surface area (Å²) in [6.45, 7) is 0. The van der Waals surface area contributed by atoms with Gasteiger partial charge in [-0.25, -0.2) is 0 Å². The predicted molar refractivity (Wildman–Crippen MR) is 124 cm³/mol. The van der Waals surface area contributed by atoms with Crippen LogP contribution in [0.1, 0.15) is 33.9 Å². The number of rotatable bonds is 10. The van der Waals surface area contributed by atoms with Crippen molar-refractivity contribution in [2.24, 2.45) is 0 Å². The van der Waals surface area contributed by atoms with Gasteiger partial charge in [0.25, 0.3) is 5.91 Å². The van der Waals surface area contributed by atoms with Crippen molar-refractivity contribution in [1.82, 2.24) is 15.6 Å². The number of hydrogen-bond donors (Lipinski definition) is 4. The topological polar surface area (TPSA) is 121 Å². The van der Waals surface area contributed by atoms with Crippen LogP contribution in [0.15, 0.2) is 79.1 Å². The summed E-state index contributed by atoms with van der Waals surface area (Å²) in [5.41, 5.74) is 1.88. The molecule has 3 aromatic rings. The zero-order valence-electron chi connectivity index (χ0n) is 18.2. The summed E-state index contributed by atoms with van der Waals surface area (Å²) < 4.78 is 5.27. The van der Waals surface area contributed by atoms with Crippen molar-refractivity contribution < 1.29 is 24.4 Å². The van der Waals surface area contributed by atoms with Crippen LogP contribution >= 0.6 is 0 Å². The van der Waals surface area contributed by atoms with E-state index in [2.05, 4.69) is 15.6 Å². The highest BCUT2D eigenvalue weighted by Crippen LogP contribution is 2.22. The third-order valence-corrected chi connectivity index (χ3v) is 5.12. The van der Waals surface area contributed by atoms with Crippen LogP contribution in [0.4, 0.5) is 0 Å². The molecule has 4 N–H and O–H groups in total. The fraction of sp³-hybridized carbons (Fsp3) is 0.208. The molecule has 0 spiro atoms. The predicted octanol–water partition coefficient (Wildman–Crippen LogP) is 1.69.